The van der Waals surface area contributed by atoms with Gasteiger partial charge in [-0.1, -0.05) is 31.2 Å². The molecule has 1 N–H and O–H groups in total. The van der Waals surface area contributed by atoms with Crippen LogP contribution in [0, 0.1) is 0 Å². The summed E-state index contributed by atoms with van der Waals surface area (Å²) in [6, 6.07) is 8.89. The zero-order valence-electron chi connectivity index (χ0n) is 10.2. The Bertz CT molecular complexity index is 451. The Morgan fingerprint density at radius 1 is 1.18 bits per heavy atom. The molecular weight excluding hydrogens is 210 g/mol. The minimum atomic E-state index is 0.234. The summed E-state index contributed by atoms with van der Waals surface area (Å²) in [5.74, 6) is 0.805. The molecule has 1 atom stereocenters. The Balaban J connectivity index is 2.06. The molecule has 3 heteroatoms. The summed E-state index contributed by atoms with van der Waals surface area (Å²) < 4.78 is 0. The SMILES string of the molecule is CCc1ccc(C(C)Nc2cnccn2)cc1. The van der Waals surface area contributed by atoms with Gasteiger partial charge in [-0.2, -0.15) is 0 Å². The second-order valence-electron chi connectivity index (χ2n) is 4.05. The van der Waals surface area contributed by atoms with Crippen molar-refractivity contribution in [2.45, 2.75) is 26.3 Å². The van der Waals surface area contributed by atoms with Crippen LogP contribution in [0.5, 0.6) is 0 Å². The Labute approximate surface area is 102 Å². The lowest BCUT2D eigenvalue weighted by Crippen LogP contribution is -2.07. The van der Waals surface area contributed by atoms with E-state index < -0.39 is 0 Å². The predicted molar refractivity (Wildman–Crippen MR) is 69.9 cm³/mol. The van der Waals surface area contributed by atoms with E-state index in [-0.39, 0.29) is 6.04 Å². The molecule has 17 heavy (non-hydrogen) atoms. The number of nitrogens with zero attached hydrogens (tertiary/aromatic N) is 2. The molecule has 0 radical (unpaired) electrons. The molecular formula is C14H17N3. The van der Waals surface area contributed by atoms with E-state index in [2.05, 4.69) is 53.4 Å². The molecule has 0 bridgehead atoms. The van der Waals surface area contributed by atoms with Crippen LogP contribution < -0.4 is 5.32 Å². The van der Waals surface area contributed by atoms with Crippen molar-refractivity contribution in [1.29, 1.82) is 0 Å². The van der Waals surface area contributed by atoms with Gasteiger partial charge in [0.25, 0.3) is 0 Å². The van der Waals surface area contributed by atoms with Gasteiger partial charge in [0.1, 0.15) is 5.82 Å². The van der Waals surface area contributed by atoms with Crippen molar-refractivity contribution >= 4 is 5.82 Å². The molecule has 0 aliphatic carbocycles. The van der Waals surface area contributed by atoms with E-state index in [1.165, 1.54) is 11.1 Å². The van der Waals surface area contributed by atoms with Crippen LogP contribution in [-0.4, -0.2) is 9.97 Å². The standard InChI is InChI=1S/C14H17N3/c1-3-12-4-6-13(7-5-12)11(2)17-14-10-15-8-9-16-14/h4-11H,3H2,1-2H3,(H,16,17). The fraction of sp³-hybridized carbons (Fsp3) is 0.286. The van der Waals surface area contributed by atoms with Crippen LogP contribution in [0.1, 0.15) is 31.0 Å². The van der Waals surface area contributed by atoms with Gasteiger partial charge in [0, 0.05) is 18.4 Å². The van der Waals surface area contributed by atoms with E-state index in [0.29, 0.717) is 0 Å². The van der Waals surface area contributed by atoms with Crippen molar-refractivity contribution in [3.05, 3.63) is 54.0 Å². The van der Waals surface area contributed by atoms with E-state index in [9.17, 15) is 0 Å². The van der Waals surface area contributed by atoms with E-state index in [1.54, 1.807) is 18.6 Å². The van der Waals surface area contributed by atoms with Crippen molar-refractivity contribution in [2.75, 3.05) is 5.32 Å². The molecule has 0 saturated heterocycles. The summed E-state index contributed by atoms with van der Waals surface area (Å²) in [6.07, 6.45) is 6.17. The summed E-state index contributed by atoms with van der Waals surface area (Å²) >= 11 is 0. The second-order valence-corrected chi connectivity index (χ2v) is 4.05. The maximum atomic E-state index is 4.20. The molecule has 3 nitrogen and oxygen atoms in total. The predicted octanol–water partition coefficient (Wildman–Crippen LogP) is 3.21. The average molecular weight is 227 g/mol. The first-order chi connectivity index (χ1) is 8.29. The molecule has 0 aliphatic heterocycles. The van der Waals surface area contributed by atoms with Gasteiger partial charge >= 0.3 is 0 Å². The summed E-state index contributed by atoms with van der Waals surface area (Å²) in [7, 11) is 0. The van der Waals surface area contributed by atoms with E-state index in [0.717, 1.165) is 12.2 Å². The molecule has 1 heterocycles. The number of hydrogen-bond donors (Lipinski definition) is 1. The average Bonchev–Trinajstić information content (AvgIpc) is 2.40. The minimum Gasteiger partial charge on any atom is -0.362 e. The van der Waals surface area contributed by atoms with Crippen LogP contribution in [0.2, 0.25) is 0 Å². The minimum absolute atomic E-state index is 0.234. The quantitative estimate of drug-likeness (QED) is 0.871. The van der Waals surface area contributed by atoms with Crippen molar-refractivity contribution < 1.29 is 0 Å². The van der Waals surface area contributed by atoms with Crippen molar-refractivity contribution in [1.82, 2.24) is 9.97 Å². The Morgan fingerprint density at radius 3 is 2.53 bits per heavy atom. The van der Waals surface area contributed by atoms with Gasteiger partial charge in [-0.3, -0.25) is 4.98 Å². The van der Waals surface area contributed by atoms with E-state index in [4.69, 9.17) is 0 Å². The van der Waals surface area contributed by atoms with Gasteiger partial charge in [0.05, 0.1) is 6.20 Å². The second kappa shape index (κ2) is 5.43. The van der Waals surface area contributed by atoms with Crippen LogP contribution in [0.25, 0.3) is 0 Å². The third kappa shape index (κ3) is 3.03. The highest BCUT2D eigenvalue weighted by Crippen LogP contribution is 2.17. The zero-order valence-corrected chi connectivity index (χ0v) is 10.2. The number of nitrogens with one attached hydrogen (secondary N) is 1. The smallest absolute Gasteiger partial charge is 0.144 e. The Hall–Kier alpha value is -1.90. The van der Waals surface area contributed by atoms with Crippen LogP contribution in [0.4, 0.5) is 5.82 Å². The number of rotatable bonds is 4. The number of aromatic nitrogens is 2. The highest BCUT2D eigenvalue weighted by molar-refractivity contribution is 5.36. The highest BCUT2D eigenvalue weighted by Gasteiger charge is 2.05. The number of hydrogen-bond acceptors (Lipinski definition) is 3. The first-order valence-electron chi connectivity index (χ1n) is 5.91. The zero-order chi connectivity index (χ0) is 12.1. The van der Waals surface area contributed by atoms with Gasteiger partial charge in [0.2, 0.25) is 0 Å². The van der Waals surface area contributed by atoms with Crippen molar-refractivity contribution in [2.24, 2.45) is 0 Å². The van der Waals surface area contributed by atoms with Crippen molar-refractivity contribution in [3.63, 3.8) is 0 Å². The van der Waals surface area contributed by atoms with E-state index in [1.807, 2.05) is 0 Å². The number of anilines is 1. The number of aryl methyl sites for hydroxylation is 1. The molecule has 0 spiro atoms. The fourth-order valence-electron chi connectivity index (χ4n) is 1.72. The lowest BCUT2D eigenvalue weighted by Gasteiger charge is -2.14. The highest BCUT2D eigenvalue weighted by atomic mass is 15.0. The molecule has 1 unspecified atom stereocenters. The maximum absolute atomic E-state index is 4.20. The molecule has 0 aliphatic rings. The maximum Gasteiger partial charge on any atom is 0.144 e. The van der Waals surface area contributed by atoms with Gasteiger partial charge in [0.15, 0.2) is 0 Å². The lowest BCUT2D eigenvalue weighted by molar-refractivity contribution is 0.869. The largest absolute Gasteiger partial charge is 0.362 e. The molecule has 88 valence electrons. The molecule has 1 aromatic heterocycles. The topological polar surface area (TPSA) is 37.8 Å². The molecule has 2 rings (SSSR count). The molecule has 2 aromatic rings. The third-order valence-electron chi connectivity index (χ3n) is 2.82. The molecule has 0 fully saturated rings. The molecule has 1 aromatic carbocycles. The van der Waals surface area contributed by atoms with Gasteiger partial charge < -0.3 is 5.32 Å². The van der Waals surface area contributed by atoms with E-state index >= 15 is 0 Å². The van der Waals surface area contributed by atoms with Crippen LogP contribution in [0.15, 0.2) is 42.9 Å². The first kappa shape index (κ1) is 11.6. The third-order valence-corrected chi connectivity index (χ3v) is 2.82. The molecule has 0 saturated carbocycles. The summed E-state index contributed by atoms with van der Waals surface area (Å²) in [5.41, 5.74) is 2.62. The summed E-state index contributed by atoms with van der Waals surface area (Å²) in [5, 5.41) is 3.32. The molecule has 0 amide bonds. The summed E-state index contributed by atoms with van der Waals surface area (Å²) in [6.45, 7) is 4.28. The lowest BCUT2D eigenvalue weighted by atomic mass is 10.1. The first-order valence-corrected chi connectivity index (χ1v) is 5.91. The van der Waals surface area contributed by atoms with Gasteiger partial charge in [-0.15, -0.1) is 0 Å². The van der Waals surface area contributed by atoms with Crippen molar-refractivity contribution in [3.8, 4) is 0 Å². The monoisotopic (exact) mass is 227 g/mol. The number of benzene rings is 1. The fourth-order valence-corrected chi connectivity index (χ4v) is 1.72. The van der Waals surface area contributed by atoms with Crippen LogP contribution in [-0.2, 0) is 6.42 Å². The Morgan fingerprint density at radius 2 is 1.94 bits per heavy atom. The van der Waals surface area contributed by atoms with Gasteiger partial charge in [-0.05, 0) is 24.5 Å². The van der Waals surface area contributed by atoms with Crippen LogP contribution >= 0.6 is 0 Å². The van der Waals surface area contributed by atoms with Gasteiger partial charge in [-0.25, -0.2) is 4.98 Å². The van der Waals surface area contributed by atoms with Crippen LogP contribution in [0.3, 0.4) is 0 Å². The Kier molecular flexibility index (Phi) is 3.70. The normalized spacial score (nSPS) is 12.1. The summed E-state index contributed by atoms with van der Waals surface area (Å²) in [4.78, 5) is 8.24.